The Morgan fingerprint density at radius 1 is 0.116 bits per heavy atom. The van der Waals surface area contributed by atoms with Gasteiger partial charge in [0.25, 0.3) is 0 Å². The van der Waals surface area contributed by atoms with Crippen molar-refractivity contribution in [2.24, 2.45) is 0 Å². The maximum atomic E-state index is 6.73. The molecule has 0 fully saturated rings. The van der Waals surface area contributed by atoms with E-state index in [1.54, 1.807) is 0 Å². The van der Waals surface area contributed by atoms with E-state index >= 15 is 0 Å². The van der Waals surface area contributed by atoms with Gasteiger partial charge in [0.1, 0.15) is 33.5 Å². The normalized spacial score (nSPS) is 11.5. The SMILES string of the molecule is c1ccc(-c2cccc(-c3cccc(-c4ccc(-c5nc(-c6ccccc6)nc(-c6ccc7ccccc7c6)n5)c5c4oc4ccccc45)c3)c2)cc1.c1ccc(-c2nc(-c3ccc4ccccc4c3)nc(-c3ccc(-c4ccc5ccccc5c4)c4oc5ccccc5c34)n2)cc1.c1ccc2cc(-c3nc(-c4ccc5ccccc5c4)nc(-c4ccc(-c5ccc6ccccc6c5)c5oc6ccccc6c45)n3)ccc2c1. The van der Waals surface area contributed by atoms with Gasteiger partial charge in [-0.3, -0.25) is 0 Å². The Morgan fingerprint density at radius 2 is 0.313 bits per heavy atom. The van der Waals surface area contributed by atoms with E-state index in [9.17, 15) is 0 Å². The van der Waals surface area contributed by atoms with Crippen LogP contribution in [0, 0.1) is 0 Å². The number of furan rings is 3. The van der Waals surface area contributed by atoms with Crippen molar-refractivity contribution in [3.8, 4) is 158 Å². The largest absolute Gasteiger partial charge is 0.455 e. The lowest BCUT2D eigenvalue weighted by Crippen LogP contribution is -2.00. The second-order valence-electron chi connectivity index (χ2n) is 36.9. The first-order valence-corrected chi connectivity index (χ1v) is 49.2. The van der Waals surface area contributed by atoms with E-state index < -0.39 is 0 Å². The zero-order valence-electron chi connectivity index (χ0n) is 79.2. The van der Waals surface area contributed by atoms with E-state index in [1.807, 2.05) is 109 Å². The molecule has 0 saturated carbocycles. The molecule has 0 unspecified atom stereocenters. The smallest absolute Gasteiger partial charge is 0.164 e. The first-order valence-electron chi connectivity index (χ1n) is 49.2. The van der Waals surface area contributed by atoms with Crippen LogP contribution >= 0.6 is 0 Å². The van der Waals surface area contributed by atoms with Gasteiger partial charge in [-0.1, -0.05) is 400 Å². The summed E-state index contributed by atoms with van der Waals surface area (Å²) in [6, 6.07) is 174. The van der Waals surface area contributed by atoms with Crippen LogP contribution < -0.4 is 0 Å². The summed E-state index contributed by atoms with van der Waals surface area (Å²) in [4.78, 5) is 46.0. The van der Waals surface area contributed by atoms with Crippen molar-refractivity contribution in [1.82, 2.24) is 44.9 Å². The highest BCUT2D eigenvalue weighted by Crippen LogP contribution is 2.48. The van der Waals surface area contributed by atoms with Gasteiger partial charge in [0, 0.05) is 99.1 Å². The number of hydrogen-bond acceptors (Lipinski definition) is 12. The number of aromatic nitrogens is 9. The van der Waals surface area contributed by atoms with E-state index in [2.05, 4.69) is 394 Å². The van der Waals surface area contributed by atoms with Crippen LogP contribution in [-0.2, 0) is 0 Å². The van der Waals surface area contributed by atoms with Crippen molar-refractivity contribution >= 4 is 130 Å². The molecule has 0 aliphatic carbocycles. The van der Waals surface area contributed by atoms with Gasteiger partial charge in [-0.2, -0.15) is 0 Å². The third kappa shape index (κ3) is 16.4. The minimum absolute atomic E-state index is 0.594. The third-order valence-electron chi connectivity index (χ3n) is 27.9. The van der Waals surface area contributed by atoms with E-state index in [1.165, 1.54) is 54.2 Å². The highest BCUT2D eigenvalue weighted by atomic mass is 16.3. The summed E-state index contributed by atoms with van der Waals surface area (Å²) in [6.07, 6.45) is 0. The number of rotatable bonds is 14. The molecule has 0 bridgehead atoms. The molecule has 29 rings (SSSR count). The first kappa shape index (κ1) is 86.2. The zero-order chi connectivity index (χ0) is 97.2. The fraction of sp³-hybridized carbons (Fsp3) is 0. The predicted octanol–water partition coefficient (Wildman–Crippen LogP) is 35.6. The quantitative estimate of drug-likeness (QED) is 0.102. The maximum absolute atomic E-state index is 6.73. The molecule has 6 aromatic heterocycles. The molecule has 0 atom stereocenters. The number of para-hydroxylation sites is 3. The van der Waals surface area contributed by atoms with Crippen molar-refractivity contribution < 1.29 is 13.3 Å². The van der Waals surface area contributed by atoms with Crippen LogP contribution in [-0.4, -0.2) is 44.9 Å². The molecule has 12 nitrogen and oxygen atoms in total. The lowest BCUT2D eigenvalue weighted by Gasteiger charge is -2.12. The molecule has 147 heavy (non-hydrogen) atoms. The topological polar surface area (TPSA) is 155 Å². The van der Waals surface area contributed by atoms with Crippen LogP contribution in [0.3, 0.4) is 0 Å². The van der Waals surface area contributed by atoms with E-state index in [-0.39, 0.29) is 0 Å². The summed E-state index contributed by atoms with van der Waals surface area (Å²) >= 11 is 0. The molecule has 686 valence electrons. The molecule has 0 radical (unpaired) electrons. The summed E-state index contributed by atoms with van der Waals surface area (Å²) in [7, 11) is 0. The molecule has 0 spiro atoms. The van der Waals surface area contributed by atoms with Gasteiger partial charge in [-0.15, -0.1) is 0 Å². The molecule has 6 heterocycles. The molecular weight excluding hydrogens is 1800 g/mol. The Kier molecular flexibility index (Phi) is 21.6. The van der Waals surface area contributed by atoms with Crippen LogP contribution in [0.2, 0.25) is 0 Å². The van der Waals surface area contributed by atoms with Gasteiger partial charge < -0.3 is 13.3 Å². The van der Waals surface area contributed by atoms with Crippen LogP contribution in [0.1, 0.15) is 0 Å². The highest BCUT2D eigenvalue weighted by molar-refractivity contribution is 6.19. The van der Waals surface area contributed by atoms with E-state index in [0.717, 1.165) is 182 Å². The van der Waals surface area contributed by atoms with Gasteiger partial charge in [0.15, 0.2) is 52.4 Å². The van der Waals surface area contributed by atoms with Crippen molar-refractivity contribution in [2.75, 3.05) is 0 Å². The number of benzene rings is 23. The fourth-order valence-corrected chi connectivity index (χ4v) is 20.6. The Labute approximate surface area is 844 Å². The van der Waals surface area contributed by atoms with Gasteiger partial charge in [-0.05, 0) is 207 Å². The standard InChI is InChI=1S/C49H31N3O.C45H27N3O.C41H25N3O/c1-3-13-32(14-4-1)36-19-11-20-37(29-36)38-21-12-22-39(30-38)41-27-28-43(45-42-23-9-10-24-44(42)53-46(41)45)49-51-47(34-16-5-2-6-17-34)50-48(52-49)40-26-25-33-15-7-8-18-35(33)31-40;1-4-12-31-25-34(20-17-28(31)9-1)37-23-24-39(41-38-15-7-8-16-40(38)49-42(37)41)45-47-43(35-21-18-29-10-2-5-13-32(29)26-35)46-44(48-45)36-22-19-30-11-3-6-14-33(30)27-36;1-2-12-28(13-3-1)39-42-40(32-21-19-27-11-5-7-15-30(27)25-32)44-41(43-39)35-23-22-33(31-20-18-26-10-4-6-14-29(26)24-31)38-37(35)34-16-8-9-17-36(34)45-38/h1-31H;1-27H;1-25H. The van der Waals surface area contributed by atoms with Crippen LogP contribution in [0.5, 0.6) is 0 Å². The summed E-state index contributed by atoms with van der Waals surface area (Å²) in [5.74, 6) is 5.54. The van der Waals surface area contributed by atoms with Crippen LogP contribution in [0.4, 0.5) is 0 Å². The number of nitrogens with zero attached hydrogens (tertiary/aromatic N) is 9. The molecule has 23 aromatic carbocycles. The minimum Gasteiger partial charge on any atom is -0.455 e. The van der Waals surface area contributed by atoms with Crippen molar-refractivity contribution in [1.29, 1.82) is 0 Å². The zero-order valence-corrected chi connectivity index (χ0v) is 79.2. The Hall–Kier alpha value is -20.0. The molecule has 0 aliphatic heterocycles. The summed E-state index contributed by atoms with van der Waals surface area (Å²) in [5, 5.41) is 20.0. The molecule has 0 amide bonds. The molecular formula is C135H83N9O3. The van der Waals surface area contributed by atoms with Crippen LogP contribution in [0.15, 0.2) is 517 Å². The maximum Gasteiger partial charge on any atom is 0.164 e. The van der Waals surface area contributed by atoms with E-state index in [4.69, 9.17) is 58.1 Å². The van der Waals surface area contributed by atoms with Crippen molar-refractivity contribution in [2.45, 2.75) is 0 Å². The summed E-state index contributed by atoms with van der Waals surface area (Å²) < 4.78 is 20.0. The van der Waals surface area contributed by atoms with Crippen LogP contribution in [0.25, 0.3) is 289 Å². The Morgan fingerprint density at radius 3 is 0.612 bits per heavy atom. The Bertz CT molecular complexity index is 10200. The molecule has 0 aliphatic rings. The van der Waals surface area contributed by atoms with Gasteiger partial charge in [-0.25, -0.2) is 44.9 Å². The average Bonchev–Trinajstić information content (AvgIpc) is 1.60. The highest BCUT2D eigenvalue weighted by Gasteiger charge is 2.27. The minimum atomic E-state index is 0.594. The summed E-state index contributed by atoms with van der Waals surface area (Å²) in [6.45, 7) is 0. The number of fused-ring (bicyclic) bond motifs is 15. The van der Waals surface area contributed by atoms with Crippen molar-refractivity contribution in [3.05, 3.63) is 504 Å². The molecule has 0 N–H and O–H groups in total. The molecule has 12 heteroatoms. The lowest BCUT2D eigenvalue weighted by atomic mass is 9.94. The fourth-order valence-electron chi connectivity index (χ4n) is 20.6. The third-order valence-corrected chi connectivity index (χ3v) is 27.9. The molecule has 0 saturated heterocycles. The predicted molar refractivity (Wildman–Crippen MR) is 602 cm³/mol. The summed E-state index contributed by atoms with van der Waals surface area (Å²) in [5.41, 5.74) is 24.2. The first-order chi connectivity index (χ1) is 72.8. The molecule has 29 aromatic rings. The second kappa shape index (κ2) is 36.9. The van der Waals surface area contributed by atoms with Gasteiger partial charge in [0.2, 0.25) is 0 Å². The number of hydrogen-bond donors (Lipinski definition) is 0. The van der Waals surface area contributed by atoms with Gasteiger partial charge >= 0.3 is 0 Å². The van der Waals surface area contributed by atoms with Crippen molar-refractivity contribution in [3.63, 3.8) is 0 Å². The monoisotopic (exact) mass is 1880 g/mol. The second-order valence-corrected chi connectivity index (χ2v) is 36.9. The average molecular weight is 1880 g/mol. The Balaban J connectivity index is 0.000000109. The lowest BCUT2D eigenvalue weighted by molar-refractivity contribution is 0.669. The van der Waals surface area contributed by atoms with Gasteiger partial charge in [0.05, 0.1) is 0 Å². The van der Waals surface area contributed by atoms with E-state index in [0.29, 0.717) is 52.4 Å².